The van der Waals surface area contributed by atoms with Gasteiger partial charge in [-0.3, -0.25) is 9.69 Å². The number of benzene rings is 1. The van der Waals surface area contributed by atoms with E-state index in [1.165, 1.54) is 30.5 Å². The van der Waals surface area contributed by atoms with E-state index in [1.54, 1.807) is 0 Å². The molecule has 1 aromatic rings. The molecule has 0 spiro atoms. The molecular weight excluding hydrogens is 333 g/mol. The number of fused-ring (bicyclic) bond motifs is 1. The SMILES string of the molecule is CCN1CCCC1CNC(=O)C1Cc2ccccc2CN1.Cl.Cl. The highest BCUT2D eigenvalue weighted by molar-refractivity contribution is 5.85. The van der Waals surface area contributed by atoms with Gasteiger partial charge in [-0.25, -0.2) is 0 Å². The Morgan fingerprint density at radius 1 is 1.30 bits per heavy atom. The number of amides is 1. The lowest BCUT2D eigenvalue weighted by Gasteiger charge is -2.27. The van der Waals surface area contributed by atoms with Crippen LogP contribution in [-0.2, 0) is 17.8 Å². The highest BCUT2D eigenvalue weighted by atomic mass is 35.5. The summed E-state index contributed by atoms with van der Waals surface area (Å²) >= 11 is 0. The maximum Gasteiger partial charge on any atom is 0.237 e. The van der Waals surface area contributed by atoms with Crippen LogP contribution in [0.15, 0.2) is 24.3 Å². The second kappa shape index (κ2) is 9.48. The lowest BCUT2D eigenvalue weighted by atomic mass is 9.95. The van der Waals surface area contributed by atoms with Crippen molar-refractivity contribution in [2.75, 3.05) is 19.6 Å². The summed E-state index contributed by atoms with van der Waals surface area (Å²) in [5, 5.41) is 6.50. The molecule has 130 valence electrons. The van der Waals surface area contributed by atoms with Gasteiger partial charge in [-0.1, -0.05) is 31.2 Å². The van der Waals surface area contributed by atoms with Gasteiger partial charge in [-0.15, -0.1) is 24.8 Å². The first kappa shape index (κ1) is 20.2. The van der Waals surface area contributed by atoms with E-state index < -0.39 is 0 Å². The second-order valence-electron chi connectivity index (χ2n) is 6.08. The van der Waals surface area contributed by atoms with Crippen LogP contribution in [0.4, 0.5) is 0 Å². The van der Waals surface area contributed by atoms with Crippen molar-refractivity contribution in [3.63, 3.8) is 0 Å². The smallest absolute Gasteiger partial charge is 0.237 e. The minimum Gasteiger partial charge on any atom is -0.353 e. The first-order valence-corrected chi connectivity index (χ1v) is 8.10. The van der Waals surface area contributed by atoms with Gasteiger partial charge in [-0.2, -0.15) is 0 Å². The van der Waals surface area contributed by atoms with Crippen molar-refractivity contribution in [2.45, 2.75) is 44.8 Å². The van der Waals surface area contributed by atoms with Crippen LogP contribution in [0.5, 0.6) is 0 Å². The summed E-state index contributed by atoms with van der Waals surface area (Å²) in [6.07, 6.45) is 3.25. The molecule has 1 aromatic carbocycles. The van der Waals surface area contributed by atoms with Crippen molar-refractivity contribution in [1.82, 2.24) is 15.5 Å². The summed E-state index contributed by atoms with van der Waals surface area (Å²) in [5.41, 5.74) is 2.61. The molecule has 2 N–H and O–H groups in total. The predicted octanol–water partition coefficient (Wildman–Crippen LogP) is 2.14. The number of nitrogens with zero attached hydrogens (tertiary/aromatic N) is 1. The van der Waals surface area contributed by atoms with Crippen molar-refractivity contribution in [1.29, 1.82) is 0 Å². The van der Waals surface area contributed by atoms with Gasteiger partial charge < -0.3 is 10.6 Å². The molecule has 2 aliphatic heterocycles. The number of carbonyl (C=O) groups is 1. The molecule has 23 heavy (non-hydrogen) atoms. The molecule has 0 aliphatic carbocycles. The molecule has 1 fully saturated rings. The van der Waals surface area contributed by atoms with Crippen LogP contribution in [0.2, 0.25) is 0 Å². The van der Waals surface area contributed by atoms with Gasteiger partial charge in [0.1, 0.15) is 0 Å². The maximum atomic E-state index is 12.4. The van der Waals surface area contributed by atoms with E-state index in [-0.39, 0.29) is 36.8 Å². The van der Waals surface area contributed by atoms with E-state index in [1.807, 2.05) is 0 Å². The molecule has 4 nitrogen and oxygen atoms in total. The molecule has 2 unspecified atom stereocenters. The maximum absolute atomic E-state index is 12.4. The Bertz CT molecular complexity index is 512. The Morgan fingerprint density at radius 2 is 2.04 bits per heavy atom. The van der Waals surface area contributed by atoms with Crippen LogP contribution >= 0.6 is 24.8 Å². The number of nitrogens with one attached hydrogen (secondary N) is 2. The van der Waals surface area contributed by atoms with Crippen LogP contribution in [0.25, 0.3) is 0 Å². The molecule has 1 amide bonds. The quantitative estimate of drug-likeness (QED) is 0.865. The molecule has 1 saturated heterocycles. The number of carbonyl (C=O) groups excluding carboxylic acids is 1. The molecule has 0 saturated carbocycles. The molecule has 2 aliphatic rings. The molecule has 2 atom stereocenters. The number of likely N-dealkylation sites (N-methyl/N-ethyl adjacent to an activating group) is 1. The molecular formula is C17H27Cl2N3O. The molecule has 3 rings (SSSR count). The van der Waals surface area contributed by atoms with Crippen molar-refractivity contribution >= 4 is 30.7 Å². The van der Waals surface area contributed by atoms with Gasteiger partial charge >= 0.3 is 0 Å². The third-order valence-electron chi connectivity index (χ3n) is 4.81. The molecule has 2 heterocycles. The van der Waals surface area contributed by atoms with Crippen molar-refractivity contribution in [2.24, 2.45) is 0 Å². The summed E-state index contributed by atoms with van der Waals surface area (Å²) in [4.78, 5) is 14.8. The van der Waals surface area contributed by atoms with E-state index in [0.29, 0.717) is 6.04 Å². The number of rotatable bonds is 4. The van der Waals surface area contributed by atoms with E-state index in [0.717, 1.165) is 26.1 Å². The zero-order valence-corrected chi connectivity index (χ0v) is 15.2. The number of likely N-dealkylation sites (tertiary alicyclic amines) is 1. The Hall–Kier alpha value is -0.810. The lowest BCUT2D eigenvalue weighted by Crippen LogP contribution is -2.50. The van der Waals surface area contributed by atoms with Gasteiger partial charge in [0.2, 0.25) is 5.91 Å². The minimum absolute atomic E-state index is 0. The Kier molecular flexibility index (Phi) is 8.34. The number of halogens is 2. The van der Waals surface area contributed by atoms with Gasteiger partial charge in [-0.05, 0) is 43.5 Å². The van der Waals surface area contributed by atoms with Crippen LogP contribution in [-0.4, -0.2) is 42.5 Å². The van der Waals surface area contributed by atoms with E-state index >= 15 is 0 Å². The average molecular weight is 360 g/mol. The minimum atomic E-state index is -0.0867. The van der Waals surface area contributed by atoms with Crippen LogP contribution in [0, 0.1) is 0 Å². The fraction of sp³-hybridized carbons (Fsp3) is 0.588. The second-order valence-corrected chi connectivity index (χ2v) is 6.08. The third-order valence-corrected chi connectivity index (χ3v) is 4.81. The van der Waals surface area contributed by atoms with E-state index in [2.05, 4.69) is 46.7 Å². The largest absolute Gasteiger partial charge is 0.353 e. The normalized spacial score (nSPS) is 23.3. The topological polar surface area (TPSA) is 44.4 Å². The zero-order valence-electron chi connectivity index (χ0n) is 13.6. The number of hydrogen-bond donors (Lipinski definition) is 2. The fourth-order valence-electron chi connectivity index (χ4n) is 3.52. The predicted molar refractivity (Wildman–Crippen MR) is 98.5 cm³/mol. The molecule has 6 heteroatoms. The Labute approximate surface area is 151 Å². The first-order chi connectivity index (χ1) is 10.3. The molecule has 0 radical (unpaired) electrons. The van der Waals surface area contributed by atoms with Gasteiger partial charge in [0.15, 0.2) is 0 Å². The standard InChI is InChI=1S/C17H25N3O.2ClH/c1-2-20-9-5-8-15(20)12-19-17(21)16-10-13-6-3-4-7-14(13)11-18-16;;/h3-4,6-7,15-16,18H,2,5,8-12H2,1H3,(H,19,21);2*1H. The van der Waals surface area contributed by atoms with E-state index in [9.17, 15) is 4.79 Å². The third kappa shape index (κ3) is 4.83. The van der Waals surface area contributed by atoms with Crippen LogP contribution in [0.3, 0.4) is 0 Å². The van der Waals surface area contributed by atoms with Crippen LogP contribution in [0.1, 0.15) is 30.9 Å². The monoisotopic (exact) mass is 359 g/mol. The Balaban J connectivity index is 0.00000132. The molecule has 0 aromatic heterocycles. The Morgan fingerprint density at radius 3 is 2.78 bits per heavy atom. The summed E-state index contributed by atoms with van der Waals surface area (Å²) in [7, 11) is 0. The molecule has 0 bridgehead atoms. The van der Waals surface area contributed by atoms with Crippen molar-refractivity contribution < 1.29 is 4.79 Å². The van der Waals surface area contributed by atoms with Gasteiger partial charge in [0.25, 0.3) is 0 Å². The summed E-state index contributed by atoms with van der Waals surface area (Å²) < 4.78 is 0. The van der Waals surface area contributed by atoms with Gasteiger partial charge in [0.05, 0.1) is 6.04 Å². The highest BCUT2D eigenvalue weighted by Crippen LogP contribution is 2.17. The summed E-state index contributed by atoms with van der Waals surface area (Å²) in [5.74, 6) is 0.146. The van der Waals surface area contributed by atoms with Crippen LogP contribution < -0.4 is 10.6 Å². The average Bonchev–Trinajstić information content (AvgIpc) is 2.99. The van der Waals surface area contributed by atoms with Crippen molar-refractivity contribution in [3.8, 4) is 0 Å². The lowest BCUT2D eigenvalue weighted by molar-refractivity contribution is -0.123. The summed E-state index contributed by atoms with van der Waals surface area (Å²) in [6.45, 7) is 6.02. The first-order valence-electron chi connectivity index (χ1n) is 8.10. The number of hydrogen-bond acceptors (Lipinski definition) is 3. The van der Waals surface area contributed by atoms with E-state index in [4.69, 9.17) is 0 Å². The van der Waals surface area contributed by atoms with Crippen molar-refractivity contribution in [3.05, 3.63) is 35.4 Å². The highest BCUT2D eigenvalue weighted by Gasteiger charge is 2.27. The summed E-state index contributed by atoms with van der Waals surface area (Å²) in [6, 6.07) is 8.81. The fourth-order valence-corrected chi connectivity index (χ4v) is 3.52. The zero-order chi connectivity index (χ0) is 14.7. The van der Waals surface area contributed by atoms with Gasteiger partial charge in [0, 0.05) is 19.1 Å².